The number of benzene rings is 2. The molecule has 0 spiro atoms. The highest BCUT2D eigenvalue weighted by Crippen LogP contribution is 2.25. The van der Waals surface area contributed by atoms with Crippen LogP contribution in [-0.2, 0) is 6.61 Å². The largest absolute Gasteiger partial charge is 0.488 e. The lowest BCUT2D eigenvalue weighted by Crippen LogP contribution is -2.04. The molecule has 0 amide bonds. The van der Waals surface area contributed by atoms with Gasteiger partial charge in [0.15, 0.2) is 5.78 Å². The van der Waals surface area contributed by atoms with Crippen molar-refractivity contribution in [2.75, 3.05) is 0 Å². The van der Waals surface area contributed by atoms with E-state index < -0.39 is 0 Å². The van der Waals surface area contributed by atoms with Crippen molar-refractivity contribution in [2.24, 2.45) is 0 Å². The summed E-state index contributed by atoms with van der Waals surface area (Å²) < 4.78 is 5.77. The summed E-state index contributed by atoms with van der Waals surface area (Å²) in [6, 6.07) is 11.0. The lowest BCUT2D eigenvalue weighted by atomic mass is 10.0. The van der Waals surface area contributed by atoms with Crippen LogP contribution in [0.1, 0.15) is 34.8 Å². The highest BCUT2D eigenvalue weighted by atomic mass is 35.5. The van der Waals surface area contributed by atoms with Gasteiger partial charge in [-0.2, -0.15) is 0 Å². The van der Waals surface area contributed by atoms with E-state index in [1.54, 1.807) is 12.1 Å². The van der Waals surface area contributed by atoms with Gasteiger partial charge >= 0.3 is 0 Å². The molecule has 21 heavy (non-hydrogen) atoms. The average molecular weight is 323 g/mol. The van der Waals surface area contributed by atoms with E-state index >= 15 is 0 Å². The molecule has 0 atom stereocenters. The Bertz CT molecular complexity index is 666. The first-order valence-electron chi connectivity index (χ1n) is 6.72. The van der Waals surface area contributed by atoms with Crippen molar-refractivity contribution in [3.05, 3.63) is 63.1 Å². The van der Waals surface area contributed by atoms with Gasteiger partial charge in [0.05, 0.1) is 15.6 Å². The second-order valence-electron chi connectivity index (χ2n) is 4.81. The number of carbonyl (C=O) groups excluding carboxylic acids is 1. The molecule has 0 aliphatic heterocycles. The molecule has 110 valence electrons. The summed E-state index contributed by atoms with van der Waals surface area (Å²) in [7, 11) is 0. The number of aryl methyl sites for hydroxylation is 1. The van der Waals surface area contributed by atoms with Crippen molar-refractivity contribution in [1.29, 1.82) is 0 Å². The first-order chi connectivity index (χ1) is 10.0. The second-order valence-corrected chi connectivity index (χ2v) is 5.63. The van der Waals surface area contributed by atoms with Gasteiger partial charge in [-0.3, -0.25) is 4.79 Å². The summed E-state index contributed by atoms with van der Waals surface area (Å²) in [5.41, 5.74) is 2.56. The van der Waals surface area contributed by atoms with Gasteiger partial charge < -0.3 is 4.74 Å². The third-order valence-corrected chi connectivity index (χ3v) is 3.87. The Hall–Kier alpha value is -1.51. The Kier molecular flexibility index (Phi) is 5.27. The van der Waals surface area contributed by atoms with Gasteiger partial charge in [0.1, 0.15) is 12.4 Å². The molecule has 4 heteroatoms. The number of rotatable bonds is 5. The predicted molar refractivity (Wildman–Crippen MR) is 86.6 cm³/mol. The van der Waals surface area contributed by atoms with Gasteiger partial charge in [-0.25, -0.2) is 0 Å². The number of carbonyl (C=O) groups is 1. The van der Waals surface area contributed by atoms with Crippen LogP contribution >= 0.6 is 23.2 Å². The number of hydrogen-bond acceptors (Lipinski definition) is 2. The van der Waals surface area contributed by atoms with Crippen LogP contribution in [0.15, 0.2) is 36.4 Å². The Morgan fingerprint density at radius 1 is 1.10 bits per heavy atom. The monoisotopic (exact) mass is 322 g/mol. The van der Waals surface area contributed by atoms with E-state index in [0.717, 1.165) is 11.1 Å². The molecular formula is C17H16Cl2O2. The molecule has 0 N–H and O–H groups in total. The molecule has 0 aliphatic rings. The number of halogens is 2. The Morgan fingerprint density at radius 2 is 1.86 bits per heavy atom. The van der Waals surface area contributed by atoms with E-state index in [2.05, 4.69) is 0 Å². The first-order valence-corrected chi connectivity index (χ1v) is 7.47. The normalized spacial score (nSPS) is 10.5. The summed E-state index contributed by atoms with van der Waals surface area (Å²) >= 11 is 11.9. The van der Waals surface area contributed by atoms with Crippen LogP contribution in [0.25, 0.3) is 0 Å². The maximum Gasteiger partial charge on any atom is 0.166 e. The maximum absolute atomic E-state index is 12.0. The Morgan fingerprint density at radius 3 is 2.52 bits per heavy atom. The van der Waals surface area contributed by atoms with Crippen molar-refractivity contribution >= 4 is 29.0 Å². The zero-order valence-electron chi connectivity index (χ0n) is 12.0. The lowest BCUT2D eigenvalue weighted by Gasteiger charge is -2.12. The topological polar surface area (TPSA) is 26.3 Å². The van der Waals surface area contributed by atoms with E-state index in [9.17, 15) is 4.79 Å². The molecule has 0 bridgehead atoms. The minimum atomic E-state index is 0.0721. The fourth-order valence-corrected chi connectivity index (χ4v) is 2.29. The Labute approximate surface area is 134 Å². The second kappa shape index (κ2) is 6.97. The van der Waals surface area contributed by atoms with Crippen molar-refractivity contribution in [3.63, 3.8) is 0 Å². The van der Waals surface area contributed by atoms with E-state index in [0.29, 0.717) is 34.4 Å². The van der Waals surface area contributed by atoms with Gasteiger partial charge in [-0.1, -0.05) is 47.8 Å². The zero-order chi connectivity index (χ0) is 15.4. The van der Waals surface area contributed by atoms with E-state index in [1.807, 2.05) is 38.1 Å². The van der Waals surface area contributed by atoms with Crippen LogP contribution in [-0.4, -0.2) is 5.78 Å². The molecule has 0 radical (unpaired) electrons. The molecule has 0 saturated carbocycles. The molecule has 0 fully saturated rings. The molecule has 0 aliphatic carbocycles. The minimum Gasteiger partial charge on any atom is -0.488 e. The van der Waals surface area contributed by atoms with Crippen LogP contribution < -0.4 is 4.74 Å². The predicted octanol–water partition coefficient (Wildman–Crippen LogP) is 5.47. The van der Waals surface area contributed by atoms with Gasteiger partial charge in [0.2, 0.25) is 0 Å². The molecule has 2 rings (SSSR count). The first kappa shape index (κ1) is 15.9. The molecule has 2 aromatic rings. The lowest BCUT2D eigenvalue weighted by molar-refractivity contribution is 0.0983. The van der Waals surface area contributed by atoms with Gasteiger partial charge in [0, 0.05) is 6.42 Å². The summed E-state index contributed by atoms with van der Waals surface area (Å²) in [6.45, 7) is 4.13. The summed E-state index contributed by atoms with van der Waals surface area (Å²) in [5, 5.41) is 1.00. The van der Waals surface area contributed by atoms with Crippen molar-refractivity contribution < 1.29 is 9.53 Å². The van der Waals surface area contributed by atoms with Gasteiger partial charge in [-0.15, -0.1) is 0 Å². The molecule has 2 aromatic carbocycles. The van der Waals surface area contributed by atoms with E-state index in [1.165, 1.54) is 0 Å². The van der Waals surface area contributed by atoms with Gasteiger partial charge in [0.25, 0.3) is 0 Å². The summed E-state index contributed by atoms with van der Waals surface area (Å²) in [5.74, 6) is 0.668. The van der Waals surface area contributed by atoms with Crippen molar-refractivity contribution in [2.45, 2.75) is 26.9 Å². The van der Waals surface area contributed by atoms with Crippen LogP contribution in [0, 0.1) is 6.92 Å². The number of ketones is 1. The highest BCUT2D eigenvalue weighted by Gasteiger charge is 2.11. The molecule has 2 nitrogen and oxygen atoms in total. The maximum atomic E-state index is 12.0. The van der Waals surface area contributed by atoms with Crippen LogP contribution in [0.5, 0.6) is 5.75 Å². The molecule has 0 unspecified atom stereocenters. The van der Waals surface area contributed by atoms with E-state index in [4.69, 9.17) is 27.9 Å². The van der Waals surface area contributed by atoms with E-state index in [-0.39, 0.29) is 5.78 Å². The highest BCUT2D eigenvalue weighted by molar-refractivity contribution is 6.42. The average Bonchev–Trinajstić information content (AvgIpc) is 2.48. The zero-order valence-corrected chi connectivity index (χ0v) is 13.5. The van der Waals surface area contributed by atoms with Crippen molar-refractivity contribution in [3.8, 4) is 5.75 Å². The van der Waals surface area contributed by atoms with Crippen LogP contribution in [0.3, 0.4) is 0 Å². The summed E-state index contributed by atoms with van der Waals surface area (Å²) in [6.07, 6.45) is 0.451. The standard InChI is InChI=1S/C17H16Cl2O2/c1-3-16(20)13-8-11(2)4-7-17(13)21-10-12-5-6-14(18)15(19)9-12/h4-9H,3,10H2,1-2H3. The Balaban J connectivity index is 2.19. The smallest absolute Gasteiger partial charge is 0.166 e. The molecule has 0 heterocycles. The minimum absolute atomic E-state index is 0.0721. The van der Waals surface area contributed by atoms with Crippen LogP contribution in [0.2, 0.25) is 10.0 Å². The number of hydrogen-bond donors (Lipinski definition) is 0. The SMILES string of the molecule is CCC(=O)c1cc(C)ccc1OCc1ccc(Cl)c(Cl)c1. The third-order valence-electron chi connectivity index (χ3n) is 3.13. The van der Waals surface area contributed by atoms with Gasteiger partial charge in [-0.05, 0) is 36.8 Å². The molecule has 0 saturated heterocycles. The number of ether oxygens (including phenoxy) is 1. The molecule has 0 aromatic heterocycles. The van der Waals surface area contributed by atoms with Crippen LogP contribution in [0.4, 0.5) is 0 Å². The molecular weight excluding hydrogens is 307 g/mol. The summed E-state index contributed by atoms with van der Waals surface area (Å²) in [4.78, 5) is 12.0. The number of Topliss-reactive ketones (excluding diaryl/α,β-unsaturated/α-hetero) is 1. The fourth-order valence-electron chi connectivity index (χ4n) is 1.97. The van der Waals surface area contributed by atoms with Crippen molar-refractivity contribution in [1.82, 2.24) is 0 Å². The third kappa shape index (κ3) is 3.99. The fraction of sp³-hybridized carbons (Fsp3) is 0.235. The quantitative estimate of drug-likeness (QED) is 0.682.